The zero-order valence-electron chi connectivity index (χ0n) is 17.3. The molecule has 2 heterocycles. The molecular formula is C24H22ClFN4O. The fourth-order valence-corrected chi connectivity index (χ4v) is 3.84. The number of carbonyl (C=O) groups excluding carboxylic acids is 1. The van der Waals surface area contributed by atoms with Crippen LogP contribution in [0.15, 0.2) is 54.6 Å². The summed E-state index contributed by atoms with van der Waals surface area (Å²) >= 11 is 6.14. The number of carbonyl (C=O) groups is 1. The third kappa shape index (κ3) is 4.59. The molecule has 7 heteroatoms. The van der Waals surface area contributed by atoms with E-state index in [9.17, 15) is 9.18 Å². The Labute approximate surface area is 184 Å². The van der Waals surface area contributed by atoms with E-state index >= 15 is 0 Å². The average molecular weight is 437 g/mol. The minimum absolute atomic E-state index is 0.0558. The summed E-state index contributed by atoms with van der Waals surface area (Å²) in [5, 5.41) is 8.16. The third-order valence-corrected chi connectivity index (χ3v) is 5.69. The van der Waals surface area contributed by atoms with Gasteiger partial charge in [0.1, 0.15) is 5.82 Å². The maximum absolute atomic E-state index is 13.6. The molecule has 0 unspecified atom stereocenters. The lowest BCUT2D eigenvalue weighted by Crippen LogP contribution is -2.23. The van der Waals surface area contributed by atoms with Gasteiger partial charge in [-0.25, -0.2) is 13.9 Å². The van der Waals surface area contributed by atoms with E-state index in [-0.39, 0.29) is 11.7 Å². The zero-order chi connectivity index (χ0) is 22.0. The van der Waals surface area contributed by atoms with Gasteiger partial charge in [-0.05, 0) is 49.6 Å². The van der Waals surface area contributed by atoms with Crippen molar-refractivity contribution in [2.45, 2.75) is 33.2 Å². The second-order valence-corrected chi connectivity index (χ2v) is 7.85. The summed E-state index contributed by atoms with van der Waals surface area (Å²) in [4.78, 5) is 17.0. The Morgan fingerprint density at radius 3 is 2.71 bits per heavy atom. The minimum Gasteiger partial charge on any atom is -0.352 e. The molecule has 0 saturated carbocycles. The Balaban J connectivity index is 1.50. The van der Waals surface area contributed by atoms with Gasteiger partial charge >= 0.3 is 0 Å². The number of rotatable bonds is 6. The predicted octanol–water partition coefficient (Wildman–Crippen LogP) is 5.05. The predicted molar refractivity (Wildman–Crippen MR) is 119 cm³/mol. The Morgan fingerprint density at radius 1 is 1.13 bits per heavy atom. The average Bonchev–Trinajstić information content (AvgIpc) is 3.17. The first kappa shape index (κ1) is 21.0. The highest BCUT2D eigenvalue weighted by atomic mass is 35.5. The van der Waals surface area contributed by atoms with E-state index in [1.807, 2.05) is 44.2 Å². The summed E-state index contributed by atoms with van der Waals surface area (Å²) in [6.07, 6.45) is 0.876. The summed E-state index contributed by atoms with van der Waals surface area (Å²) in [7, 11) is 0. The van der Waals surface area contributed by atoms with Crippen LogP contribution in [0.2, 0.25) is 5.02 Å². The quantitative estimate of drug-likeness (QED) is 0.460. The number of halogens is 2. The lowest BCUT2D eigenvalue weighted by Gasteiger charge is -2.11. The monoisotopic (exact) mass is 436 g/mol. The number of hydrogen-bond acceptors (Lipinski definition) is 3. The molecule has 1 amide bonds. The van der Waals surface area contributed by atoms with E-state index in [1.165, 1.54) is 12.1 Å². The van der Waals surface area contributed by atoms with Gasteiger partial charge in [0.25, 0.3) is 0 Å². The van der Waals surface area contributed by atoms with Gasteiger partial charge in [-0.3, -0.25) is 4.79 Å². The van der Waals surface area contributed by atoms with Gasteiger partial charge in [0.15, 0.2) is 5.65 Å². The van der Waals surface area contributed by atoms with Gasteiger partial charge in [-0.15, -0.1) is 0 Å². The van der Waals surface area contributed by atoms with Crippen molar-refractivity contribution in [2.24, 2.45) is 0 Å². The number of amides is 1. The maximum atomic E-state index is 13.6. The van der Waals surface area contributed by atoms with E-state index in [2.05, 4.69) is 15.4 Å². The van der Waals surface area contributed by atoms with Crippen LogP contribution in [0.3, 0.4) is 0 Å². The standard InChI is InChI=1S/C24H22ClFN4O/c1-15-20(10-11-24(31)27-14-18-6-3-4-9-21(18)25)16(2)30-23(28-15)13-22(29-30)17-7-5-8-19(26)12-17/h3-9,12-13H,10-11,14H2,1-2H3,(H,27,31). The van der Waals surface area contributed by atoms with E-state index in [0.29, 0.717) is 41.3 Å². The van der Waals surface area contributed by atoms with Gasteiger partial charge in [0.2, 0.25) is 5.91 Å². The summed E-state index contributed by atoms with van der Waals surface area (Å²) in [6, 6.07) is 15.6. The van der Waals surface area contributed by atoms with Gasteiger partial charge in [-0.1, -0.05) is 41.9 Å². The molecule has 0 saturated heterocycles. The molecular weight excluding hydrogens is 415 g/mol. The molecule has 0 aliphatic heterocycles. The van der Waals surface area contributed by atoms with Crippen molar-refractivity contribution in [3.63, 3.8) is 0 Å². The summed E-state index contributed by atoms with van der Waals surface area (Å²) in [5.41, 5.74) is 5.69. The molecule has 0 aliphatic rings. The topological polar surface area (TPSA) is 59.3 Å². The molecule has 5 nitrogen and oxygen atoms in total. The molecule has 0 atom stereocenters. The molecule has 4 rings (SSSR count). The second kappa shape index (κ2) is 8.86. The van der Waals surface area contributed by atoms with Crippen LogP contribution in [-0.4, -0.2) is 20.5 Å². The van der Waals surface area contributed by atoms with Crippen molar-refractivity contribution in [1.82, 2.24) is 19.9 Å². The van der Waals surface area contributed by atoms with Crippen LogP contribution in [0.4, 0.5) is 4.39 Å². The number of benzene rings is 2. The van der Waals surface area contributed by atoms with E-state index in [1.54, 1.807) is 16.6 Å². The van der Waals surface area contributed by atoms with Crippen LogP contribution >= 0.6 is 11.6 Å². The van der Waals surface area contributed by atoms with Gasteiger partial charge in [0, 0.05) is 41.0 Å². The number of hydrogen-bond donors (Lipinski definition) is 1. The van der Waals surface area contributed by atoms with Crippen molar-refractivity contribution in [3.8, 4) is 11.3 Å². The minimum atomic E-state index is -0.307. The molecule has 2 aromatic heterocycles. The molecule has 0 spiro atoms. The van der Waals surface area contributed by atoms with Gasteiger partial charge in [0.05, 0.1) is 5.69 Å². The molecule has 31 heavy (non-hydrogen) atoms. The zero-order valence-corrected chi connectivity index (χ0v) is 18.1. The van der Waals surface area contributed by atoms with Crippen LogP contribution in [0, 0.1) is 19.7 Å². The number of aryl methyl sites for hydroxylation is 2. The molecule has 2 aromatic carbocycles. The van der Waals surface area contributed by atoms with Crippen LogP contribution in [0.5, 0.6) is 0 Å². The first-order chi connectivity index (χ1) is 14.9. The molecule has 158 valence electrons. The first-order valence-electron chi connectivity index (χ1n) is 10.0. The molecule has 0 bridgehead atoms. The number of aromatic nitrogens is 3. The molecule has 0 radical (unpaired) electrons. The smallest absolute Gasteiger partial charge is 0.220 e. The van der Waals surface area contributed by atoms with Crippen LogP contribution in [-0.2, 0) is 17.8 Å². The fourth-order valence-electron chi connectivity index (χ4n) is 3.64. The summed E-state index contributed by atoms with van der Waals surface area (Å²) < 4.78 is 15.3. The summed E-state index contributed by atoms with van der Waals surface area (Å²) in [6.45, 7) is 4.28. The molecule has 0 fully saturated rings. The highest BCUT2D eigenvalue weighted by molar-refractivity contribution is 6.31. The largest absolute Gasteiger partial charge is 0.352 e. The molecule has 0 aliphatic carbocycles. The number of fused-ring (bicyclic) bond motifs is 1. The molecule has 4 aromatic rings. The van der Waals surface area contributed by atoms with Crippen molar-refractivity contribution < 1.29 is 9.18 Å². The Bertz CT molecular complexity index is 1270. The van der Waals surface area contributed by atoms with Gasteiger partial charge in [-0.2, -0.15) is 5.10 Å². The lowest BCUT2D eigenvalue weighted by atomic mass is 10.1. The van der Waals surface area contributed by atoms with Crippen molar-refractivity contribution in [1.29, 1.82) is 0 Å². The highest BCUT2D eigenvalue weighted by Crippen LogP contribution is 2.23. The van der Waals surface area contributed by atoms with Crippen molar-refractivity contribution >= 4 is 23.2 Å². The Hall–Kier alpha value is -3.25. The van der Waals surface area contributed by atoms with E-state index in [4.69, 9.17) is 11.6 Å². The van der Waals surface area contributed by atoms with Gasteiger partial charge < -0.3 is 5.32 Å². The fraction of sp³-hybridized carbons (Fsp3) is 0.208. The van der Waals surface area contributed by atoms with Crippen LogP contribution in [0.1, 0.15) is 28.9 Å². The maximum Gasteiger partial charge on any atom is 0.220 e. The lowest BCUT2D eigenvalue weighted by molar-refractivity contribution is -0.121. The van der Waals surface area contributed by atoms with Crippen molar-refractivity contribution in [3.05, 3.63) is 88.0 Å². The molecule has 1 N–H and O–H groups in total. The van der Waals surface area contributed by atoms with E-state index in [0.717, 1.165) is 22.5 Å². The highest BCUT2D eigenvalue weighted by Gasteiger charge is 2.15. The van der Waals surface area contributed by atoms with Crippen LogP contribution < -0.4 is 5.32 Å². The third-order valence-electron chi connectivity index (χ3n) is 5.32. The van der Waals surface area contributed by atoms with E-state index < -0.39 is 0 Å². The number of nitrogens with one attached hydrogen (secondary N) is 1. The SMILES string of the molecule is Cc1nc2cc(-c3cccc(F)c3)nn2c(C)c1CCC(=O)NCc1ccccc1Cl. The normalized spacial score (nSPS) is 11.1. The number of nitrogens with zero attached hydrogens (tertiary/aromatic N) is 3. The Kier molecular flexibility index (Phi) is 6.00. The van der Waals surface area contributed by atoms with Crippen molar-refractivity contribution in [2.75, 3.05) is 0 Å². The summed E-state index contributed by atoms with van der Waals surface area (Å²) in [5.74, 6) is -0.362. The second-order valence-electron chi connectivity index (χ2n) is 7.44. The van der Waals surface area contributed by atoms with Crippen LogP contribution in [0.25, 0.3) is 16.9 Å². The Morgan fingerprint density at radius 2 is 1.94 bits per heavy atom. The first-order valence-corrected chi connectivity index (χ1v) is 10.4.